The first-order chi connectivity index (χ1) is 9.66. The predicted molar refractivity (Wildman–Crippen MR) is 77.6 cm³/mol. The summed E-state index contributed by atoms with van der Waals surface area (Å²) in [7, 11) is 0. The Hall–Kier alpha value is -1.32. The number of hydrogen-bond donors (Lipinski definition) is 0. The molecular weight excluding hydrogens is 280 g/mol. The van der Waals surface area contributed by atoms with Crippen molar-refractivity contribution in [3.8, 4) is 0 Å². The van der Waals surface area contributed by atoms with Gasteiger partial charge in [-0.2, -0.15) is 13.2 Å². The lowest BCUT2D eigenvalue weighted by atomic mass is 9.89. The summed E-state index contributed by atoms with van der Waals surface area (Å²) in [6.45, 7) is 8.15. The number of allylic oxidation sites excluding steroid dienone is 2. The molecule has 118 valence electrons. The van der Waals surface area contributed by atoms with Gasteiger partial charge in [0.25, 0.3) is 0 Å². The maximum Gasteiger partial charge on any atom is 0.419 e. The highest BCUT2D eigenvalue weighted by atomic mass is 19.4. The van der Waals surface area contributed by atoms with Crippen LogP contribution in [0.3, 0.4) is 0 Å². The molecule has 4 heteroatoms. The topological polar surface area (TPSA) is 0 Å². The smallest absolute Gasteiger partial charge is 0.206 e. The van der Waals surface area contributed by atoms with Gasteiger partial charge >= 0.3 is 6.18 Å². The Morgan fingerprint density at radius 3 is 2.29 bits per heavy atom. The zero-order chi connectivity index (χ0) is 16.2. The Kier molecular flexibility index (Phi) is 5.99. The molecule has 0 saturated carbocycles. The highest BCUT2D eigenvalue weighted by molar-refractivity contribution is 5.32. The number of benzene rings is 1. The molecule has 0 saturated heterocycles. The number of halogens is 4. The molecule has 0 amide bonds. The molecule has 0 nitrogen and oxygen atoms in total. The largest absolute Gasteiger partial charge is 0.419 e. The summed E-state index contributed by atoms with van der Waals surface area (Å²) < 4.78 is 51.6. The van der Waals surface area contributed by atoms with Gasteiger partial charge in [0.15, 0.2) is 0 Å². The van der Waals surface area contributed by atoms with Crippen LogP contribution in [-0.2, 0) is 12.6 Å². The zero-order valence-electron chi connectivity index (χ0n) is 12.9. The molecule has 21 heavy (non-hydrogen) atoms. The first-order valence-electron chi connectivity index (χ1n) is 7.21. The lowest BCUT2D eigenvalue weighted by Crippen LogP contribution is -2.10. The molecule has 0 aliphatic carbocycles. The van der Waals surface area contributed by atoms with Crippen LogP contribution >= 0.6 is 0 Å². The van der Waals surface area contributed by atoms with Crippen LogP contribution < -0.4 is 0 Å². The highest BCUT2D eigenvalue weighted by Gasteiger charge is 2.34. The minimum Gasteiger partial charge on any atom is -0.206 e. The molecule has 0 radical (unpaired) electrons. The Morgan fingerprint density at radius 1 is 1.19 bits per heavy atom. The van der Waals surface area contributed by atoms with Gasteiger partial charge in [-0.3, -0.25) is 0 Å². The van der Waals surface area contributed by atoms with Gasteiger partial charge < -0.3 is 0 Å². The molecule has 0 spiro atoms. The number of alkyl halides is 3. The van der Waals surface area contributed by atoms with Crippen molar-refractivity contribution in [2.75, 3.05) is 0 Å². The van der Waals surface area contributed by atoms with Crippen LogP contribution in [0, 0.1) is 11.7 Å². The van der Waals surface area contributed by atoms with Crippen molar-refractivity contribution in [2.45, 2.75) is 53.1 Å². The molecule has 1 aromatic carbocycles. The Balaban J connectivity index is 3.15. The SMILES string of the molecule is CCC/C(C)=C(\Cc1ccc(F)c(C(F)(F)F)c1)C(C)C. The molecule has 0 bridgehead atoms. The second kappa shape index (κ2) is 7.10. The van der Waals surface area contributed by atoms with Crippen LogP contribution in [0.2, 0.25) is 0 Å². The van der Waals surface area contributed by atoms with Crippen molar-refractivity contribution in [1.82, 2.24) is 0 Å². The molecular formula is C17H22F4. The Morgan fingerprint density at radius 2 is 1.81 bits per heavy atom. The lowest BCUT2D eigenvalue weighted by molar-refractivity contribution is -0.140. The van der Waals surface area contributed by atoms with E-state index >= 15 is 0 Å². The molecule has 0 fully saturated rings. The van der Waals surface area contributed by atoms with Crippen molar-refractivity contribution >= 4 is 0 Å². The Bertz CT molecular complexity index is 510. The van der Waals surface area contributed by atoms with Crippen molar-refractivity contribution in [3.63, 3.8) is 0 Å². The normalized spacial score (nSPS) is 13.6. The molecule has 0 unspecified atom stereocenters. The van der Waals surface area contributed by atoms with Gasteiger partial charge in [0, 0.05) is 0 Å². The summed E-state index contributed by atoms with van der Waals surface area (Å²) in [5.74, 6) is -0.956. The third-order valence-electron chi connectivity index (χ3n) is 3.60. The second-order valence-electron chi connectivity index (χ2n) is 5.70. The van der Waals surface area contributed by atoms with E-state index in [9.17, 15) is 17.6 Å². The van der Waals surface area contributed by atoms with Crippen LogP contribution in [0.25, 0.3) is 0 Å². The average molecular weight is 302 g/mol. The number of rotatable bonds is 5. The highest BCUT2D eigenvalue weighted by Crippen LogP contribution is 2.33. The molecule has 0 aromatic heterocycles. The van der Waals surface area contributed by atoms with E-state index in [0.717, 1.165) is 30.5 Å². The minimum absolute atomic E-state index is 0.260. The summed E-state index contributed by atoms with van der Waals surface area (Å²) in [6.07, 6.45) is -2.28. The monoisotopic (exact) mass is 302 g/mol. The summed E-state index contributed by atoms with van der Waals surface area (Å²) in [5.41, 5.74) is 1.67. The van der Waals surface area contributed by atoms with Crippen molar-refractivity contribution in [2.24, 2.45) is 5.92 Å². The third kappa shape index (κ3) is 4.87. The maximum absolute atomic E-state index is 13.3. The summed E-state index contributed by atoms with van der Waals surface area (Å²) >= 11 is 0. The van der Waals surface area contributed by atoms with Gasteiger partial charge in [0.2, 0.25) is 0 Å². The van der Waals surface area contributed by atoms with E-state index in [1.807, 2.05) is 20.8 Å². The van der Waals surface area contributed by atoms with Crippen LogP contribution in [-0.4, -0.2) is 0 Å². The molecule has 0 atom stereocenters. The fourth-order valence-electron chi connectivity index (χ4n) is 2.50. The molecule has 0 aliphatic heterocycles. The van der Waals surface area contributed by atoms with E-state index in [4.69, 9.17) is 0 Å². The first-order valence-corrected chi connectivity index (χ1v) is 7.21. The van der Waals surface area contributed by atoms with Gasteiger partial charge in [0.1, 0.15) is 5.82 Å². The second-order valence-corrected chi connectivity index (χ2v) is 5.70. The van der Waals surface area contributed by atoms with Gasteiger partial charge in [-0.15, -0.1) is 0 Å². The quantitative estimate of drug-likeness (QED) is 0.451. The summed E-state index contributed by atoms with van der Waals surface area (Å²) in [4.78, 5) is 0. The minimum atomic E-state index is -4.65. The molecule has 1 rings (SSSR count). The third-order valence-corrected chi connectivity index (χ3v) is 3.60. The van der Waals surface area contributed by atoms with Gasteiger partial charge in [-0.05, 0) is 43.4 Å². The molecule has 1 aromatic rings. The Labute approximate surface area is 123 Å². The predicted octanol–water partition coefficient (Wildman–Crippen LogP) is 6.16. The van der Waals surface area contributed by atoms with E-state index in [-0.39, 0.29) is 5.92 Å². The van der Waals surface area contributed by atoms with Crippen molar-refractivity contribution in [1.29, 1.82) is 0 Å². The van der Waals surface area contributed by atoms with Crippen LogP contribution in [0.15, 0.2) is 29.3 Å². The van der Waals surface area contributed by atoms with Crippen LogP contribution in [0.5, 0.6) is 0 Å². The van der Waals surface area contributed by atoms with E-state index < -0.39 is 17.6 Å². The summed E-state index contributed by atoms with van der Waals surface area (Å²) in [5, 5.41) is 0. The van der Waals surface area contributed by atoms with Crippen molar-refractivity contribution in [3.05, 3.63) is 46.3 Å². The zero-order valence-corrected chi connectivity index (χ0v) is 12.9. The van der Waals surface area contributed by atoms with Crippen molar-refractivity contribution < 1.29 is 17.6 Å². The average Bonchev–Trinajstić information content (AvgIpc) is 2.36. The fraction of sp³-hybridized carbons (Fsp3) is 0.529. The van der Waals surface area contributed by atoms with E-state index in [0.29, 0.717) is 12.0 Å². The fourth-order valence-corrected chi connectivity index (χ4v) is 2.50. The molecule has 0 aliphatic rings. The van der Waals surface area contributed by atoms with E-state index in [2.05, 4.69) is 6.92 Å². The van der Waals surface area contributed by atoms with Gasteiger partial charge in [-0.25, -0.2) is 4.39 Å². The standard InChI is InChI=1S/C17H22F4/c1-5-6-12(4)14(11(2)3)9-13-7-8-16(18)15(10-13)17(19,20)21/h7-8,10-11H,5-6,9H2,1-4H3/b14-12+. The number of hydrogen-bond acceptors (Lipinski definition) is 0. The molecule has 0 N–H and O–H groups in total. The summed E-state index contributed by atoms with van der Waals surface area (Å²) in [6, 6.07) is 3.27. The van der Waals surface area contributed by atoms with E-state index in [1.54, 1.807) is 0 Å². The van der Waals surface area contributed by atoms with Crippen LogP contribution in [0.1, 0.15) is 51.7 Å². The molecule has 0 heterocycles. The van der Waals surface area contributed by atoms with Gasteiger partial charge in [-0.1, -0.05) is 44.4 Å². The lowest BCUT2D eigenvalue weighted by Gasteiger charge is -2.17. The van der Waals surface area contributed by atoms with Gasteiger partial charge in [0.05, 0.1) is 5.56 Å². The van der Waals surface area contributed by atoms with E-state index in [1.165, 1.54) is 11.6 Å². The maximum atomic E-state index is 13.3. The van der Waals surface area contributed by atoms with Crippen LogP contribution in [0.4, 0.5) is 17.6 Å². The first kappa shape index (κ1) is 17.7.